The molecule has 4 aromatic rings. The zero-order valence-electron chi connectivity index (χ0n) is 20.8. The average Bonchev–Trinajstić information content (AvgIpc) is 3.38. The van der Waals surface area contributed by atoms with Crippen molar-refractivity contribution in [3.05, 3.63) is 66.2 Å². The summed E-state index contributed by atoms with van der Waals surface area (Å²) in [5.74, 6) is 1.27. The van der Waals surface area contributed by atoms with Crippen LogP contribution in [0.25, 0.3) is 28.0 Å². The topological polar surface area (TPSA) is 73.4 Å². The molecule has 0 amide bonds. The van der Waals surface area contributed by atoms with Crippen molar-refractivity contribution in [2.75, 3.05) is 32.1 Å². The van der Waals surface area contributed by atoms with Gasteiger partial charge in [0.25, 0.3) is 0 Å². The van der Waals surface area contributed by atoms with Crippen molar-refractivity contribution in [2.24, 2.45) is 0 Å². The van der Waals surface area contributed by atoms with Crippen molar-refractivity contribution in [3.63, 3.8) is 0 Å². The number of nitriles is 1. The van der Waals surface area contributed by atoms with E-state index in [1.807, 2.05) is 42.9 Å². The van der Waals surface area contributed by atoms with Crippen molar-refractivity contribution in [1.82, 2.24) is 24.3 Å². The first-order valence-electron chi connectivity index (χ1n) is 12.2. The number of nitrogens with zero attached hydrogens (tertiary/aromatic N) is 7. The Bertz CT molecular complexity index is 1350. The van der Waals surface area contributed by atoms with E-state index >= 15 is 0 Å². The number of fused-ring (bicyclic) bond motifs is 1. The zero-order chi connectivity index (χ0) is 24.5. The summed E-state index contributed by atoms with van der Waals surface area (Å²) >= 11 is 0. The van der Waals surface area contributed by atoms with Gasteiger partial charge in [0.15, 0.2) is 0 Å². The molecule has 35 heavy (non-hydrogen) atoms. The molecule has 7 heteroatoms. The number of imidazole rings is 1. The summed E-state index contributed by atoms with van der Waals surface area (Å²) in [6.45, 7) is 6.18. The van der Waals surface area contributed by atoms with Gasteiger partial charge in [0.2, 0.25) is 5.95 Å². The highest BCUT2D eigenvalue weighted by Crippen LogP contribution is 2.37. The predicted molar refractivity (Wildman–Crippen MR) is 139 cm³/mol. The molecule has 7 nitrogen and oxygen atoms in total. The monoisotopic (exact) mass is 465 g/mol. The maximum absolute atomic E-state index is 9.29. The maximum atomic E-state index is 9.29. The summed E-state index contributed by atoms with van der Waals surface area (Å²) in [6.07, 6.45) is 7.96. The van der Waals surface area contributed by atoms with Gasteiger partial charge in [-0.1, -0.05) is 32.0 Å². The molecule has 178 valence electrons. The van der Waals surface area contributed by atoms with Crippen LogP contribution in [0, 0.1) is 11.3 Å². The van der Waals surface area contributed by atoms with Gasteiger partial charge in [0.1, 0.15) is 5.65 Å². The normalized spacial score (nSPS) is 14.7. The van der Waals surface area contributed by atoms with E-state index < -0.39 is 0 Å². The van der Waals surface area contributed by atoms with Gasteiger partial charge in [-0.15, -0.1) is 0 Å². The molecule has 0 aliphatic carbocycles. The fourth-order valence-electron chi connectivity index (χ4n) is 4.84. The molecule has 3 aromatic heterocycles. The minimum absolute atomic E-state index is 0.360. The molecule has 0 atom stereocenters. The summed E-state index contributed by atoms with van der Waals surface area (Å²) < 4.78 is 2.11. The van der Waals surface area contributed by atoms with Crippen LogP contribution >= 0.6 is 0 Å². The average molecular weight is 466 g/mol. The van der Waals surface area contributed by atoms with E-state index in [1.165, 1.54) is 0 Å². The minimum Gasteiger partial charge on any atom is -0.342 e. The third-order valence-corrected chi connectivity index (χ3v) is 6.96. The Balaban J connectivity index is 1.67. The molecule has 0 unspecified atom stereocenters. The first kappa shape index (κ1) is 23.0. The number of pyridine rings is 1. The fraction of sp³-hybridized carbons (Fsp3) is 0.357. The molecule has 1 aliphatic rings. The summed E-state index contributed by atoms with van der Waals surface area (Å²) in [6, 6.07) is 14.6. The Labute approximate surface area is 206 Å². The molecule has 0 N–H and O–H groups in total. The van der Waals surface area contributed by atoms with Crippen LogP contribution in [0.4, 0.5) is 5.95 Å². The van der Waals surface area contributed by atoms with Gasteiger partial charge in [-0.3, -0.25) is 9.38 Å². The summed E-state index contributed by atoms with van der Waals surface area (Å²) in [4.78, 5) is 19.4. The highest BCUT2D eigenvalue weighted by atomic mass is 15.3. The second kappa shape index (κ2) is 9.47. The van der Waals surface area contributed by atoms with E-state index in [-0.39, 0.29) is 0 Å². The molecule has 0 bridgehead atoms. The summed E-state index contributed by atoms with van der Waals surface area (Å²) in [5, 5.41) is 9.29. The van der Waals surface area contributed by atoms with Crippen molar-refractivity contribution in [3.8, 4) is 28.5 Å². The van der Waals surface area contributed by atoms with Gasteiger partial charge < -0.3 is 9.80 Å². The minimum atomic E-state index is 0.360. The molecule has 1 saturated heterocycles. The lowest BCUT2D eigenvalue weighted by Gasteiger charge is -2.36. The van der Waals surface area contributed by atoms with Crippen LogP contribution in [0.5, 0.6) is 0 Å². The van der Waals surface area contributed by atoms with Gasteiger partial charge in [0, 0.05) is 54.5 Å². The Morgan fingerprint density at radius 1 is 1.00 bits per heavy atom. The van der Waals surface area contributed by atoms with Gasteiger partial charge >= 0.3 is 0 Å². The lowest BCUT2D eigenvalue weighted by atomic mass is 9.99. The maximum Gasteiger partial charge on any atom is 0.211 e. The van der Waals surface area contributed by atoms with E-state index in [1.54, 1.807) is 0 Å². The highest BCUT2D eigenvalue weighted by Gasteiger charge is 2.26. The molecular formula is C28H31N7. The Morgan fingerprint density at radius 2 is 1.71 bits per heavy atom. The number of rotatable bonds is 5. The van der Waals surface area contributed by atoms with Crippen molar-refractivity contribution < 1.29 is 0 Å². The smallest absolute Gasteiger partial charge is 0.211 e. The van der Waals surface area contributed by atoms with E-state index in [2.05, 4.69) is 60.3 Å². The van der Waals surface area contributed by atoms with Crippen LogP contribution in [0.15, 0.2) is 55.0 Å². The number of piperidine rings is 1. The number of hydrogen-bond acceptors (Lipinski definition) is 6. The molecular weight excluding hydrogens is 434 g/mol. The largest absolute Gasteiger partial charge is 0.342 e. The van der Waals surface area contributed by atoms with E-state index in [0.717, 1.165) is 65.6 Å². The Hall–Kier alpha value is -3.76. The van der Waals surface area contributed by atoms with E-state index in [9.17, 15) is 5.26 Å². The van der Waals surface area contributed by atoms with Gasteiger partial charge in [-0.25, -0.2) is 9.97 Å². The molecule has 1 fully saturated rings. The molecule has 0 spiro atoms. The quantitative estimate of drug-likeness (QED) is 0.414. The lowest BCUT2D eigenvalue weighted by molar-refractivity contribution is 0.249. The molecule has 0 radical (unpaired) electrons. The first-order valence-corrected chi connectivity index (χ1v) is 12.2. The fourth-order valence-corrected chi connectivity index (χ4v) is 4.84. The SMILES string of the molecule is CC(C)c1ccc(-c2c(-c3ccc(C#N)cc3)nc(N3CCC(N(C)C)CC3)n3ccnc23)cn1. The van der Waals surface area contributed by atoms with Gasteiger partial charge in [0.05, 0.1) is 22.9 Å². The van der Waals surface area contributed by atoms with Crippen LogP contribution in [-0.2, 0) is 0 Å². The van der Waals surface area contributed by atoms with Crippen molar-refractivity contribution in [1.29, 1.82) is 5.26 Å². The first-order chi connectivity index (χ1) is 17.0. The number of anilines is 1. The Kier molecular flexibility index (Phi) is 6.23. The standard InChI is InChI=1S/C28H31N7/c1-19(2)24-10-9-22(18-31-24)25-26(21-7-5-20(17-29)6-8-21)32-28(35-16-13-30-27(25)35)34-14-11-23(12-15-34)33(3)4/h5-10,13,16,18-19,23H,11-12,14-15H2,1-4H3. The second-order valence-electron chi connectivity index (χ2n) is 9.75. The molecule has 1 aliphatic heterocycles. The van der Waals surface area contributed by atoms with Crippen LogP contribution in [0.1, 0.15) is 43.9 Å². The van der Waals surface area contributed by atoms with Gasteiger partial charge in [-0.2, -0.15) is 5.26 Å². The summed E-state index contributed by atoms with van der Waals surface area (Å²) in [7, 11) is 4.31. The highest BCUT2D eigenvalue weighted by molar-refractivity contribution is 5.90. The molecule has 1 aromatic carbocycles. The van der Waals surface area contributed by atoms with Crippen LogP contribution in [0.3, 0.4) is 0 Å². The Morgan fingerprint density at radius 3 is 2.31 bits per heavy atom. The lowest BCUT2D eigenvalue weighted by Crippen LogP contribution is -2.43. The van der Waals surface area contributed by atoms with Crippen LogP contribution in [-0.4, -0.2) is 57.5 Å². The second-order valence-corrected chi connectivity index (χ2v) is 9.75. The van der Waals surface area contributed by atoms with Gasteiger partial charge in [-0.05, 0) is 51.1 Å². The van der Waals surface area contributed by atoms with Crippen LogP contribution < -0.4 is 4.90 Å². The predicted octanol–water partition coefficient (Wildman–Crippen LogP) is 4.98. The third-order valence-electron chi connectivity index (χ3n) is 6.96. The molecule has 4 heterocycles. The van der Waals surface area contributed by atoms with Crippen LogP contribution in [0.2, 0.25) is 0 Å². The number of hydrogen-bond donors (Lipinski definition) is 0. The van der Waals surface area contributed by atoms with E-state index in [4.69, 9.17) is 15.0 Å². The summed E-state index contributed by atoms with van der Waals surface area (Å²) in [5.41, 5.74) is 6.30. The van der Waals surface area contributed by atoms with E-state index in [0.29, 0.717) is 17.5 Å². The number of benzene rings is 1. The molecule has 0 saturated carbocycles. The third kappa shape index (κ3) is 4.38. The number of aromatic nitrogens is 4. The van der Waals surface area contributed by atoms with Crippen molar-refractivity contribution >= 4 is 11.6 Å². The zero-order valence-corrected chi connectivity index (χ0v) is 20.8. The molecule has 5 rings (SSSR count). The van der Waals surface area contributed by atoms with Crippen molar-refractivity contribution in [2.45, 2.75) is 38.6 Å².